The van der Waals surface area contributed by atoms with Crippen LogP contribution in [0.1, 0.15) is 0 Å². The van der Waals surface area contributed by atoms with E-state index in [-0.39, 0.29) is 0 Å². The molecule has 0 bridgehead atoms. The molecule has 0 saturated heterocycles. The van der Waals surface area contributed by atoms with E-state index in [1.807, 2.05) is 0 Å². The highest BCUT2D eigenvalue weighted by Gasteiger charge is 1.94. The third-order valence-electron chi connectivity index (χ3n) is 0.428. The molecule has 0 fully saturated rings. The molecule has 0 unspecified atom stereocenters. The maximum atomic E-state index is 9.94. The van der Waals surface area contributed by atoms with E-state index in [0.29, 0.717) is 0 Å². The molecule has 0 spiro atoms. The van der Waals surface area contributed by atoms with Gasteiger partial charge >= 0.3 is 0 Å². The van der Waals surface area contributed by atoms with Crippen molar-refractivity contribution in [2.45, 2.75) is 6.82 Å². The fraction of sp³-hybridized carbons (Fsp3) is 1.00. The predicted octanol–water partition coefficient (Wildman–Crippen LogP) is -0.302. The van der Waals surface area contributed by atoms with Crippen molar-refractivity contribution in [2.75, 3.05) is 6.26 Å². The van der Waals surface area contributed by atoms with Crippen LogP contribution in [0.3, 0.4) is 0 Å². The van der Waals surface area contributed by atoms with Crippen molar-refractivity contribution in [3.63, 3.8) is 0 Å². The molecule has 0 atom stereocenters. The van der Waals surface area contributed by atoms with Gasteiger partial charge in [-0.15, -0.1) is 0 Å². The summed E-state index contributed by atoms with van der Waals surface area (Å²) in [6.07, 6.45) is 1.16. The van der Waals surface area contributed by atoms with Gasteiger partial charge in [0.2, 0.25) is 0 Å². The molecule has 6 heavy (non-hydrogen) atoms. The fourth-order valence-corrected chi connectivity index (χ4v) is 0. The van der Waals surface area contributed by atoms with Crippen LogP contribution < -0.4 is 0 Å². The van der Waals surface area contributed by atoms with Crippen molar-refractivity contribution < 1.29 is 8.42 Å². The second-order valence-corrected chi connectivity index (χ2v) is 3.20. The van der Waals surface area contributed by atoms with E-state index in [1.54, 1.807) is 0 Å². The summed E-state index contributed by atoms with van der Waals surface area (Å²) in [6, 6.07) is 0. The number of hydrogen-bond acceptors (Lipinski definition) is 2. The van der Waals surface area contributed by atoms with Crippen LogP contribution in [0.2, 0.25) is 6.82 Å². The lowest BCUT2D eigenvalue weighted by atomic mass is 10.2. The van der Waals surface area contributed by atoms with Crippen LogP contribution in [0.25, 0.3) is 0 Å². The molecule has 35 valence electrons. The Hall–Kier alpha value is 0.0149. The van der Waals surface area contributed by atoms with Gasteiger partial charge in [-0.3, -0.25) is 0 Å². The van der Waals surface area contributed by atoms with Crippen LogP contribution in [0, 0.1) is 0 Å². The van der Waals surface area contributed by atoms with E-state index in [4.69, 9.17) is 0 Å². The van der Waals surface area contributed by atoms with Crippen LogP contribution in [0.4, 0.5) is 0 Å². The van der Waals surface area contributed by atoms with E-state index in [0.717, 1.165) is 12.8 Å². The average Bonchev–Trinajstić information content (AvgIpc) is 1.35. The fourth-order valence-electron chi connectivity index (χ4n) is 0. The van der Waals surface area contributed by atoms with Gasteiger partial charge in [0.25, 0.3) is 6.56 Å². The Morgan fingerprint density at radius 3 is 1.67 bits per heavy atom. The van der Waals surface area contributed by atoms with E-state index in [1.165, 1.54) is 6.82 Å². The molecule has 1 radical (unpaired) electrons. The zero-order chi connectivity index (χ0) is 5.21. The van der Waals surface area contributed by atoms with Crippen molar-refractivity contribution in [3.05, 3.63) is 0 Å². The quantitative estimate of drug-likeness (QED) is 0.429. The first-order valence-corrected chi connectivity index (χ1v) is 3.51. The van der Waals surface area contributed by atoms with E-state index in [9.17, 15) is 8.42 Å². The molecule has 0 aliphatic carbocycles. The lowest BCUT2D eigenvalue weighted by Crippen LogP contribution is -2.00. The zero-order valence-electron chi connectivity index (χ0n) is 3.80. The molecular formula is C2H6BO2S. The molecule has 0 heterocycles. The molecule has 0 N–H and O–H groups in total. The molecule has 0 aromatic carbocycles. The summed E-state index contributed by atoms with van der Waals surface area (Å²) in [7, 11) is -2.79. The lowest BCUT2D eigenvalue weighted by Gasteiger charge is -1.78. The van der Waals surface area contributed by atoms with Gasteiger partial charge in [0.05, 0.1) is 9.69 Å². The minimum absolute atomic E-state index is 1.16. The van der Waals surface area contributed by atoms with Gasteiger partial charge in [-0.25, -0.2) is 8.42 Å². The molecule has 0 rings (SSSR count). The van der Waals surface area contributed by atoms with Gasteiger partial charge < -0.3 is 0 Å². The Morgan fingerprint density at radius 2 is 1.67 bits per heavy atom. The van der Waals surface area contributed by atoms with E-state index in [2.05, 4.69) is 0 Å². The van der Waals surface area contributed by atoms with Crippen LogP contribution in [0.5, 0.6) is 0 Å². The summed E-state index contributed by atoms with van der Waals surface area (Å²) in [5.74, 6) is 0. The molecule has 0 aromatic heterocycles. The van der Waals surface area contributed by atoms with Crippen molar-refractivity contribution in [1.29, 1.82) is 0 Å². The molecule has 0 aliphatic rings. The highest BCUT2D eigenvalue weighted by Crippen LogP contribution is 1.71. The van der Waals surface area contributed by atoms with Gasteiger partial charge in [0.15, 0.2) is 0 Å². The first-order valence-electron chi connectivity index (χ1n) is 1.55. The normalized spacial score (nSPS) is 11.0. The lowest BCUT2D eigenvalue weighted by molar-refractivity contribution is 0.614. The Balaban J connectivity index is 3.85. The number of rotatable bonds is 1. The standard InChI is InChI=1S/C2H6BO2S/c1-3-6(2,4)5/h1-2H3. The Bertz CT molecular complexity index is 114. The van der Waals surface area contributed by atoms with Crippen LogP contribution in [-0.2, 0) is 9.69 Å². The highest BCUT2D eigenvalue weighted by atomic mass is 32.2. The maximum absolute atomic E-state index is 9.94. The first-order chi connectivity index (χ1) is 2.56. The Labute approximate surface area is 38.6 Å². The third kappa shape index (κ3) is 4.01. The van der Waals surface area contributed by atoms with E-state index < -0.39 is 9.69 Å². The van der Waals surface area contributed by atoms with Gasteiger partial charge in [0.1, 0.15) is 0 Å². The highest BCUT2D eigenvalue weighted by molar-refractivity contribution is 8.14. The summed E-state index contributed by atoms with van der Waals surface area (Å²) in [5.41, 5.74) is 0. The van der Waals surface area contributed by atoms with Crippen LogP contribution in [0.15, 0.2) is 0 Å². The first kappa shape index (κ1) is 6.01. The molecule has 4 heteroatoms. The summed E-state index contributed by atoms with van der Waals surface area (Å²) in [6.45, 7) is 2.66. The molecule has 0 aliphatic heterocycles. The second-order valence-electron chi connectivity index (χ2n) is 1.07. The van der Waals surface area contributed by atoms with Crippen molar-refractivity contribution in [2.24, 2.45) is 0 Å². The van der Waals surface area contributed by atoms with Crippen molar-refractivity contribution in [3.8, 4) is 0 Å². The maximum Gasteiger partial charge on any atom is 0.275 e. The van der Waals surface area contributed by atoms with Gasteiger partial charge in [-0.05, 0) is 0 Å². The predicted molar refractivity (Wildman–Crippen MR) is 26.5 cm³/mol. The van der Waals surface area contributed by atoms with Crippen molar-refractivity contribution in [1.82, 2.24) is 0 Å². The smallest absolute Gasteiger partial charge is 0.242 e. The SMILES string of the molecule is C[B]S(C)(=O)=O. The van der Waals surface area contributed by atoms with Crippen molar-refractivity contribution >= 4 is 16.2 Å². The summed E-state index contributed by atoms with van der Waals surface area (Å²) in [4.78, 5) is 0. The molecule has 2 nitrogen and oxygen atoms in total. The number of hydrogen-bond donors (Lipinski definition) is 0. The molecule has 0 aromatic rings. The monoisotopic (exact) mass is 105 g/mol. The summed E-state index contributed by atoms with van der Waals surface area (Å²) >= 11 is 0. The topological polar surface area (TPSA) is 34.1 Å². The molecular weight excluding hydrogens is 98.9 g/mol. The zero-order valence-corrected chi connectivity index (χ0v) is 4.62. The molecule has 0 amide bonds. The van der Waals surface area contributed by atoms with Gasteiger partial charge in [-0.2, -0.15) is 0 Å². The van der Waals surface area contributed by atoms with E-state index >= 15 is 0 Å². The summed E-state index contributed by atoms with van der Waals surface area (Å²) in [5, 5.41) is 0. The Kier molecular flexibility index (Phi) is 1.65. The van der Waals surface area contributed by atoms with Gasteiger partial charge in [-0.1, -0.05) is 6.82 Å². The van der Waals surface area contributed by atoms with Crippen LogP contribution in [-0.4, -0.2) is 21.2 Å². The van der Waals surface area contributed by atoms with Gasteiger partial charge in [0, 0.05) is 6.26 Å². The van der Waals surface area contributed by atoms with Crippen LogP contribution >= 0.6 is 0 Å². The minimum Gasteiger partial charge on any atom is -0.242 e. The third-order valence-corrected chi connectivity index (χ3v) is 1.28. The largest absolute Gasteiger partial charge is 0.275 e. The summed E-state index contributed by atoms with van der Waals surface area (Å²) < 4.78 is 19.9. The molecule has 0 saturated carbocycles. The minimum atomic E-state index is -2.79. The second kappa shape index (κ2) is 1.64. The Morgan fingerprint density at radius 1 is 1.50 bits per heavy atom. The average molecular weight is 105 g/mol.